The van der Waals surface area contributed by atoms with Crippen LogP contribution in [-0.2, 0) is 4.74 Å². The number of carbonyl (C=O) groups is 2. The Morgan fingerprint density at radius 1 is 1.14 bits per heavy atom. The average Bonchev–Trinajstić information content (AvgIpc) is 3.34. The van der Waals surface area contributed by atoms with E-state index in [1.54, 1.807) is 36.7 Å². The third-order valence-corrected chi connectivity index (χ3v) is 6.32. The average molecular weight is 507 g/mol. The predicted octanol–water partition coefficient (Wildman–Crippen LogP) is 3.44. The van der Waals surface area contributed by atoms with E-state index in [9.17, 15) is 14.7 Å². The lowest BCUT2D eigenvalue weighted by atomic mass is 10.0. The zero-order valence-electron chi connectivity index (χ0n) is 19.1. The molecule has 10 nitrogen and oxygen atoms in total. The van der Waals surface area contributed by atoms with E-state index in [1.165, 1.54) is 18.5 Å². The second-order valence-electron chi connectivity index (χ2n) is 8.40. The fraction of sp³-hybridized carbons (Fsp3) is 0.240. The third kappa shape index (κ3) is 4.92. The predicted molar refractivity (Wildman–Crippen MR) is 134 cm³/mol. The first-order chi connectivity index (χ1) is 17.5. The summed E-state index contributed by atoms with van der Waals surface area (Å²) in [4.78, 5) is 41.8. The number of hydrogen-bond acceptors (Lipinski definition) is 8. The number of aromatic nitrogens is 4. The number of aromatic amines is 1. The molecule has 0 aliphatic carbocycles. The first kappa shape index (κ1) is 23.9. The van der Waals surface area contributed by atoms with Gasteiger partial charge in [0, 0.05) is 23.5 Å². The molecule has 0 spiro atoms. The SMILES string of the molecule is O=C(Nc1ccccn1)c1ccc(C(=O)c2c[nH]c3ncnc(NC4CCC(CO)OC4)c23)c(Cl)c1. The molecule has 1 amide bonds. The van der Waals surface area contributed by atoms with Crippen molar-refractivity contribution in [1.29, 1.82) is 0 Å². The van der Waals surface area contributed by atoms with Crippen LogP contribution in [0.2, 0.25) is 5.02 Å². The van der Waals surface area contributed by atoms with Crippen LogP contribution in [0.5, 0.6) is 0 Å². The highest BCUT2D eigenvalue weighted by molar-refractivity contribution is 6.36. The highest BCUT2D eigenvalue weighted by Gasteiger charge is 2.25. The normalized spacial score (nSPS) is 17.6. The summed E-state index contributed by atoms with van der Waals surface area (Å²) in [6, 6.07) is 9.68. The number of aliphatic hydroxyl groups excluding tert-OH is 1. The minimum atomic E-state index is -0.389. The van der Waals surface area contributed by atoms with Gasteiger partial charge in [0.1, 0.15) is 23.6 Å². The lowest BCUT2D eigenvalue weighted by Crippen LogP contribution is -2.36. The number of ketones is 1. The Morgan fingerprint density at radius 2 is 2.03 bits per heavy atom. The summed E-state index contributed by atoms with van der Waals surface area (Å²) in [5.41, 5.74) is 1.40. The number of halogens is 1. The number of carbonyl (C=O) groups excluding carboxylic acids is 2. The second-order valence-corrected chi connectivity index (χ2v) is 8.80. The number of nitrogens with one attached hydrogen (secondary N) is 3. The van der Waals surface area contributed by atoms with Gasteiger partial charge in [-0.05, 0) is 43.2 Å². The van der Waals surface area contributed by atoms with Gasteiger partial charge in [-0.1, -0.05) is 17.7 Å². The Bertz CT molecular complexity index is 1400. The fourth-order valence-electron chi connectivity index (χ4n) is 4.12. The van der Waals surface area contributed by atoms with Crippen molar-refractivity contribution in [3.05, 3.63) is 76.8 Å². The molecule has 11 heteroatoms. The van der Waals surface area contributed by atoms with Crippen molar-refractivity contribution in [1.82, 2.24) is 19.9 Å². The van der Waals surface area contributed by atoms with E-state index in [4.69, 9.17) is 16.3 Å². The van der Waals surface area contributed by atoms with E-state index in [0.29, 0.717) is 40.4 Å². The van der Waals surface area contributed by atoms with Crippen molar-refractivity contribution in [2.24, 2.45) is 0 Å². The molecular weight excluding hydrogens is 484 g/mol. The summed E-state index contributed by atoms with van der Waals surface area (Å²) in [5, 5.41) is 16.0. The molecule has 0 bridgehead atoms. The number of hydrogen-bond donors (Lipinski definition) is 4. The van der Waals surface area contributed by atoms with Gasteiger partial charge in [-0.2, -0.15) is 0 Å². The van der Waals surface area contributed by atoms with Gasteiger partial charge in [-0.3, -0.25) is 9.59 Å². The standard InChI is InChI=1S/C25H23ClN6O4/c26-19-9-14(25(35)32-20-3-1-2-8-27-20)4-7-17(19)22(34)18-10-28-23-21(18)24(30-13-29-23)31-15-5-6-16(11-33)36-12-15/h1-4,7-10,13,15-16,33H,5-6,11-12H2,(H,27,32,35)(H2,28,29,30,31). The number of ether oxygens (including phenoxy) is 1. The minimum Gasteiger partial charge on any atom is -0.394 e. The molecule has 36 heavy (non-hydrogen) atoms. The van der Waals surface area contributed by atoms with Crippen molar-refractivity contribution < 1.29 is 19.4 Å². The van der Waals surface area contributed by atoms with Crippen molar-refractivity contribution in [3.8, 4) is 0 Å². The van der Waals surface area contributed by atoms with Crippen LogP contribution in [0.4, 0.5) is 11.6 Å². The molecule has 5 rings (SSSR count). The Kier molecular flexibility index (Phi) is 6.90. The smallest absolute Gasteiger partial charge is 0.256 e. The van der Waals surface area contributed by atoms with Crippen molar-refractivity contribution >= 4 is 46.0 Å². The van der Waals surface area contributed by atoms with Crippen LogP contribution in [-0.4, -0.2) is 62.1 Å². The number of pyridine rings is 1. The highest BCUT2D eigenvalue weighted by atomic mass is 35.5. The number of benzene rings is 1. The van der Waals surface area contributed by atoms with Crippen LogP contribution in [0.1, 0.15) is 39.1 Å². The van der Waals surface area contributed by atoms with Gasteiger partial charge in [-0.25, -0.2) is 15.0 Å². The lowest BCUT2D eigenvalue weighted by molar-refractivity contribution is -0.0224. The van der Waals surface area contributed by atoms with Crippen LogP contribution >= 0.6 is 11.6 Å². The van der Waals surface area contributed by atoms with Gasteiger partial charge < -0.3 is 25.5 Å². The van der Waals surface area contributed by atoms with Gasteiger partial charge >= 0.3 is 0 Å². The lowest BCUT2D eigenvalue weighted by Gasteiger charge is -2.29. The number of amides is 1. The Hall–Kier alpha value is -3.86. The van der Waals surface area contributed by atoms with E-state index in [0.717, 1.165) is 12.8 Å². The number of nitrogens with zero attached hydrogens (tertiary/aromatic N) is 3. The molecule has 184 valence electrons. The summed E-state index contributed by atoms with van der Waals surface area (Å²) in [5.74, 6) is 0.191. The molecule has 4 aromatic rings. The van der Waals surface area contributed by atoms with Gasteiger partial charge in [0.2, 0.25) is 0 Å². The molecule has 3 aromatic heterocycles. The molecule has 1 aliphatic heterocycles. The fourth-order valence-corrected chi connectivity index (χ4v) is 4.39. The van der Waals surface area contributed by atoms with E-state index in [2.05, 4.69) is 30.6 Å². The monoisotopic (exact) mass is 506 g/mol. The molecule has 4 heterocycles. The van der Waals surface area contributed by atoms with Crippen LogP contribution in [0, 0.1) is 0 Å². The third-order valence-electron chi connectivity index (χ3n) is 6.01. The van der Waals surface area contributed by atoms with E-state index >= 15 is 0 Å². The molecule has 2 atom stereocenters. The van der Waals surface area contributed by atoms with Crippen molar-refractivity contribution in [2.45, 2.75) is 25.0 Å². The summed E-state index contributed by atoms with van der Waals surface area (Å²) in [6.07, 6.45) is 5.91. The first-order valence-corrected chi connectivity index (χ1v) is 11.8. The van der Waals surface area contributed by atoms with Gasteiger partial charge in [-0.15, -0.1) is 0 Å². The molecule has 1 aliphatic rings. The number of fused-ring (bicyclic) bond motifs is 1. The molecule has 1 saturated heterocycles. The maximum atomic E-state index is 13.5. The van der Waals surface area contributed by atoms with Crippen LogP contribution in [0.25, 0.3) is 11.0 Å². The number of H-pyrrole nitrogens is 1. The maximum Gasteiger partial charge on any atom is 0.256 e. The quantitative estimate of drug-likeness (QED) is 0.279. The summed E-state index contributed by atoms with van der Waals surface area (Å²) in [7, 11) is 0. The molecule has 0 saturated carbocycles. The Labute approximate surface area is 211 Å². The minimum absolute atomic E-state index is 0.00864. The number of rotatable bonds is 7. The Balaban J connectivity index is 1.38. The van der Waals surface area contributed by atoms with Crippen LogP contribution < -0.4 is 10.6 Å². The molecule has 2 unspecified atom stereocenters. The van der Waals surface area contributed by atoms with E-state index < -0.39 is 0 Å². The van der Waals surface area contributed by atoms with Crippen molar-refractivity contribution in [3.63, 3.8) is 0 Å². The zero-order chi connectivity index (χ0) is 25.1. The highest BCUT2D eigenvalue weighted by Crippen LogP contribution is 2.29. The van der Waals surface area contributed by atoms with E-state index in [-0.39, 0.29) is 41.0 Å². The topological polar surface area (TPSA) is 142 Å². The first-order valence-electron chi connectivity index (χ1n) is 11.4. The number of anilines is 2. The number of aliphatic hydroxyl groups is 1. The molecule has 1 fully saturated rings. The Morgan fingerprint density at radius 3 is 2.75 bits per heavy atom. The molecule has 1 aromatic carbocycles. The van der Waals surface area contributed by atoms with Gasteiger partial charge in [0.05, 0.1) is 41.3 Å². The summed E-state index contributed by atoms with van der Waals surface area (Å²) >= 11 is 6.45. The largest absolute Gasteiger partial charge is 0.394 e. The van der Waals surface area contributed by atoms with Crippen LogP contribution in [0.15, 0.2) is 55.1 Å². The van der Waals surface area contributed by atoms with E-state index in [1.807, 2.05) is 0 Å². The van der Waals surface area contributed by atoms with Crippen molar-refractivity contribution in [2.75, 3.05) is 23.8 Å². The molecule has 0 radical (unpaired) electrons. The summed E-state index contributed by atoms with van der Waals surface area (Å²) < 4.78 is 5.65. The summed E-state index contributed by atoms with van der Waals surface area (Å²) in [6.45, 7) is 0.406. The van der Waals surface area contributed by atoms with Gasteiger partial charge in [0.15, 0.2) is 5.78 Å². The van der Waals surface area contributed by atoms with Gasteiger partial charge in [0.25, 0.3) is 5.91 Å². The second kappa shape index (κ2) is 10.4. The van der Waals surface area contributed by atoms with Crippen LogP contribution in [0.3, 0.4) is 0 Å². The molecule has 4 N–H and O–H groups in total. The molecular formula is C25H23ClN6O4. The maximum absolute atomic E-state index is 13.5. The zero-order valence-corrected chi connectivity index (χ0v) is 19.8.